The molecule has 0 amide bonds. The van der Waals surface area contributed by atoms with Crippen LogP contribution in [-0.2, 0) is 10.2 Å². The van der Waals surface area contributed by atoms with Gasteiger partial charge in [0, 0.05) is 35.8 Å². The van der Waals surface area contributed by atoms with Crippen molar-refractivity contribution in [1.82, 2.24) is 9.21 Å². The summed E-state index contributed by atoms with van der Waals surface area (Å²) in [7, 11) is -4.06. The Labute approximate surface area is 204 Å². The molecule has 2 aliphatic heterocycles. The number of aliphatic hydroxyl groups excluding tert-OH is 1. The summed E-state index contributed by atoms with van der Waals surface area (Å²) in [5.74, 6) is -3.20. The highest BCUT2D eigenvalue weighted by atomic mass is 127. The minimum absolute atomic E-state index is 0.117. The zero-order valence-electron chi connectivity index (χ0n) is 17.6. The number of hydrogen-bond acceptors (Lipinski definition) is 5. The van der Waals surface area contributed by atoms with Crippen molar-refractivity contribution < 1.29 is 26.7 Å². The van der Waals surface area contributed by atoms with Crippen LogP contribution in [-0.4, -0.2) is 61.1 Å². The molecular weight excluding hydrogens is 572 g/mol. The molecule has 180 valence electrons. The number of piperidine rings is 1. The average Bonchev–Trinajstić information content (AvgIpc) is 3.21. The van der Waals surface area contributed by atoms with Gasteiger partial charge < -0.3 is 10.4 Å². The van der Waals surface area contributed by atoms with E-state index in [1.807, 2.05) is 22.6 Å². The maximum atomic E-state index is 14.6. The van der Waals surface area contributed by atoms with Crippen molar-refractivity contribution >= 4 is 49.9 Å². The summed E-state index contributed by atoms with van der Waals surface area (Å²) < 4.78 is 72.9. The fraction of sp³-hybridized carbons (Fsp3) is 0.429. The summed E-state index contributed by atoms with van der Waals surface area (Å²) in [6.45, 7) is 1.89. The lowest BCUT2D eigenvalue weighted by Gasteiger charge is -2.36. The van der Waals surface area contributed by atoms with E-state index in [2.05, 4.69) is 14.9 Å². The Morgan fingerprint density at radius 2 is 1.67 bits per heavy atom. The van der Waals surface area contributed by atoms with Crippen LogP contribution in [0.5, 0.6) is 0 Å². The zero-order valence-corrected chi connectivity index (χ0v) is 20.5. The highest BCUT2D eigenvalue weighted by Crippen LogP contribution is 2.33. The number of anilines is 3. The van der Waals surface area contributed by atoms with Crippen LogP contribution in [0.15, 0.2) is 30.3 Å². The van der Waals surface area contributed by atoms with Gasteiger partial charge in [-0.05, 0) is 72.2 Å². The lowest BCUT2D eigenvalue weighted by molar-refractivity contribution is 0.132. The van der Waals surface area contributed by atoms with Gasteiger partial charge in [0.25, 0.3) is 0 Å². The molecule has 7 nitrogen and oxygen atoms in total. The van der Waals surface area contributed by atoms with E-state index in [0.717, 1.165) is 18.7 Å². The molecule has 2 fully saturated rings. The zero-order chi connectivity index (χ0) is 23.8. The molecule has 33 heavy (non-hydrogen) atoms. The first kappa shape index (κ1) is 24.5. The number of halogens is 4. The van der Waals surface area contributed by atoms with E-state index in [0.29, 0.717) is 29.4 Å². The fourth-order valence-corrected chi connectivity index (χ4v) is 5.96. The van der Waals surface area contributed by atoms with Crippen molar-refractivity contribution in [2.75, 3.05) is 36.2 Å². The molecule has 0 saturated carbocycles. The Morgan fingerprint density at radius 3 is 2.30 bits per heavy atom. The van der Waals surface area contributed by atoms with Crippen LogP contribution >= 0.6 is 22.6 Å². The third-order valence-corrected chi connectivity index (χ3v) is 8.19. The first-order valence-electron chi connectivity index (χ1n) is 10.5. The van der Waals surface area contributed by atoms with Crippen molar-refractivity contribution in [1.29, 1.82) is 0 Å². The second-order valence-corrected chi connectivity index (χ2v) is 11.1. The van der Waals surface area contributed by atoms with Crippen molar-refractivity contribution in [2.24, 2.45) is 0 Å². The van der Waals surface area contributed by atoms with Gasteiger partial charge in [-0.3, -0.25) is 9.62 Å². The maximum absolute atomic E-state index is 14.6. The molecule has 12 heteroatoms. The predicted molar refractivity (Wildman–Crippen MR) is 128 cm³/mol. The van der Waals surface area contributed by atoms with E-state index in [4.69, 9.17) is 0 Å². The van der Waals surface area contributed by atoms with Gasteiger partial charge in [-0.15, -0.1) is 0 Å². The first-order valence-corrected chi connectivity index (χ1v) is 13.1. The highest BCUT2D eigenvalue weighted by Gasteiger charge is 2.34. The van der Waals surface area contributed by atoms with Crippen molar-refractivity contribution in [3.63, 3.8) is 0 Å². The Morgan fingerprint density at radius 1 is 0.970 bits per heavy atom. The van der Waals surface area contributed by atoms with Gasteiger partial charge in [0.1, 0.15) is 11.5 Å². The van der Waals surface area contributed by atoms with E-state index in [9.17, 15) is 26.7 Å². The number of aliphatic hydroxyl groups is 1. The van der Waals surface area contributed by atoms with Crippen molar-refractivity contribution in [3.8, 4) is 0 Å². The van der Waals surface area contributed by atoms with Crippen LogP contribution in [0.4, 0.5) is 30.2 Å². The van der Waals surface area contributed by atoms with Gasteiger partial charge in [-0.1, -0.05) is 0 Å². The van der Waals surface area contributed by atoms with Crippen molar-refractivity contribution in [2.45, 2.75) is 31.4 Å². The van der Waals surface area contributed by atoms with Crippen LogP contribution in [0.3, 0.4) is 0 Å². The van der Waals surface area contributed by atoms with Gasteiger partial charge in [0.15, 0.2) is 11.6 Å². The Hall–Kier alpha value is -1.61. The van der Waals surface area contributed by atoms with Crippen molar-refractivity contribution in [3.05, 3.63) is 51.4 Å². The Bertz CT molecular complexity index is 1130. The van der Waals surface area contributed by atoms with Crippen LogP contribution < -0.4 is 10.0 Å². The van der Waals surface area contributed by atoms with Gasteiger partial charge in [0.2, 0.25) is 0 Å². The molecule has 0 aliphatic carbocycles. The van der Waals surface area contributed by atoms with E-state index in [1.54, 1.807) is 6.07 Å². The van der Waals surface area contributed by atoms with E-state index in [1.165, 1.54) is 16.4 Å². The van der Waals surface area contributed by atoms with E-state index < -0.39 is 33.3 Å². The Kier molecular flexibility index (Phi) is 7.38. The standard InChI is InChI=1S/C21H24F3IN4O3S/c22-16-2-4-19(21(20(16)24)26-18-3-1-13(25)11-17(18)23)27-33(31,32)29-9-5-14(6-10-29)28-8-7-15(30)12-28/h1-4,11,14-15,26-27,30H,5-10,12H2. The molecule has 0 bridgehead atoms. The molecule has 2 aliphatic rings. The minimum atomic E-state index is -4.06. The maximum Gasteiger partial charge on any atom is 0.301 e. The smallest absolute Gasteiger partial charge is 0.301 e. The highest BCUT2D eigenvalue weighted by molar-refractivity contribution is 14.1. The predicted octanol–water partition coefficient (Wildman–Crippen LogP) is 3.64. The largest absolute Gasteiger partial charge is 0.392 e. The third-order valence-electron chi connectivity index (χ3n) is 6.00. The van der Waals surface area contributed by atoms with Gasteiger partial charge >= 0.3 is 10.2 Å². The topological polar surface area (TPSA) is 84.9 Å². The molecular formula is C21H24F3IN4O3S. The summed E-state index contributed by atoms with van der Waals surface area (Å²) in [6, 6.07) is 6.26. The molecule has 4 rings (SSSR count). The number of likely N-dealkylation sites (tertiary alicyclic amines) is 1. The van der Waals surface area contributed by atoms with Gasteiger partial charge in [-0.2, -0.15) is 12.7 Å². The molecule has 3 N–H and O–H groups in total. The van der Waals surface area contributed by atoms with Crippen LogP contribution in [0, 0.1) is 21.0 Å². The van der Waals surface area contributed by atoms with Crippen LogP contribution in [0.1, 0.15) is 19.3 Å². The number of rotatable bonds is 6. The second kappa shape index (κ2) is 9.94. The van der Waals surface area contributed by atoms with Gasteiger partial charge in [0.05, 0.1) is 17.5 Å². The summed E-state index contributed by atoms with van der Waals surface area (Å²) in [5.41, 5.74) is -0.842. The van der Waals surface area contributed by atoms with Crippen LogP contribution in [0.25, 0.3) is 0 Å². The number of hydrogen-bond donors (Lipinski definition) is 3. The normalized spacial score (nSPS) is 20.8. The number of nitrogens with one attached hydrogen (secondary N) is 2. The third kappa shape index (κ3) is 5.56. The molecule has 1 atom stereocenters. The molecule has 2 aromatic rings. The van der Waals surface area contributed by atoms with E-state index >= 15 is 0 Å². The van der Waals surface area contributed by atoms with Gasteiger partial charge in [-0.25, -0.2) is 13.2 Å². The molecule has 2 saturated heterocycles. The monoisotopic (exact) mass is 596 g/mol. The average molecular weight is 596 g/mol. The molecule has 0 radical (unpaired) electrons. The molecule has 2 heterocycles. The SMILES string of the molecule is O=S(=O)(Nc1ccc(F)c(F)c1Nc1ccc(I)cc1F)N1CCC(N2CCC(O)C2)CC1. The lowest BCUT2D eigenvalue weighted by Crippen LogP contribution is -2.47. The minimum Gasteiger partial charge on any atom is -0.392 e. The second-order valence-electron chi connectivity index (χ2n) is 8.21. The lowest BCUT2D eigenvalue weighted by atomic mass is 10.1. The number of benzene rings is 2. The molecule has 0 spiro atoms. The summed E-state index contributed by atoms with van der Waals surface area (Å²) in [5, 5.41) is 12.2. The fourth-order valence-electron chi connectivity index (χ4n) is 4.23. The first-order chi connectivity index (χ1) is 15.6. The number of nitrogens with zero attached hydrogens (tertiary/aromatic N) is 2. The number of β-amino-alcohol motifs (C(OH)–C–C–N with tert-alkyl or cyclic N) is 1. The molecule has 0 aromatic heterocycles. The van der Waals surface area contributed by atoms with E-state index in [-0.39, 0.29) is 36.6 Å². The summed E-state index contributed by atoms with van der Waals surface area (Å²) in [6.07, 6.45) is 1.58. The molecule has 2 aromatic carbocycles. The molecule has 1 unspecified atom stereocenters. The summed E-state index contributed by atoms with van der Waals surface area (Å²) in [4.78, 5) is 2.18. The van der Waals surface area contributed by atoms with Crippen LogP contribution in [0.2, 0.25) is 0 Å². The Balaban J connectivity index is 1.50. The summed E-state index contributed by atoms with van der Waals surface area (Å²) >= 11 is 1.91. The quantitative estimate of drug-likeness (QED) is 0.444.